The number of hydrogen-bond donors (Lipinski definition) is 1. The Morgan fingerprint density at radius 2 is 2.11 bits per heavy atom. The Hall–Kier alpha value is -3.00. The molecule has 1 aliphatic rings. The van der Waals surface area contributed by atoms with Gasteiger partial charge in [-0.3, -0.25) is 9.59 Å². The number of aromatic nitrogens is 2. The molecule has 4 rings (SSSR count). The lowest BCUT2D eigenvalue weighted by atomic mass is 10.1. The topological polar surface area (TPSA) is 75.4 Å². The summed E-state index contributed by atoms with van der Waals surface area (Å²) in [5.41, 5.74) is 0.596. The molecular weight excluding hydrogens is 381 g/mol. The number of rotatable bonds is 5. The van der Waals surface area contributed by atoms with Gasteiger partial charge in [-0.1, -0.05) is 12.1 Å². The summed E-state index contributed by atoms with van der Waals surface area (Å²) < 4.78 is 14.9. The second-order valence-corrected chi connectivity index (χ2v) is 7.52. The Labute approximate surface area is 164 Å². The van der Waals surface area contributed by atoms with Gasteiger partial charge in [0.1, 0.15) is 10.8 Å². The number of benzene rings is 1. The van der Waals surface area contributed by atoms with E-state index in [0.29, 0.717) is 43.0 Å². The van der Waals surface area contributed by atoms with Crippen LogP contribution in [0, 0.1) is 5.82 Å². The van der Waals surface area contributed by atoms with Crippen LogP contribution in [0.15, 0.2) is 46.8 Å². The van der Waals surface area contributed by atoms with E-state index in [1.807, 2.05) is 6.07 Å². The second-order valence-electron chi connectivity index (χ2n) is 6.63. The monoisotopic (exact) mass is 399 g/mol. The third kappa shape index (κ3) is 3.43. The highest BCUT2D eigenvalue weighted by Gasteiger charge is 2.29. The fourth-order valence-electron chi connectivity index (χ4n) is 3.42. The second kappa shape index (κ2) is 7.55. The van der Waals surface area contributed by atoms with Crippen molar-refractivity contribution in [3.8, 4) is 16.3 Å². The molecule has 28 heavy (non-hydrogen) atoms. The van der Waals surface area contributed by atoms with Gasteiger partial charge in [-0.25, -0.2) is 9.37 Å². The summed E-state index contributed by atoms with van der Waals surface area (Å²) in [4.78, 5) is 31.1. The van der Waals surface area contributed by atoms with Crippen molar-refractivity contribution in [2.45, 2.75) is 19.4 Å². The Morgan fingerprint density at radius 1 is 1.25 bits per heavy atom. The number of halogens is 1. The normalized spacial score (nSPS) is 13.6. The third-order valence-corrected chi connectivity index (χ3v) is 5.61. The summed E-state index contributed by atoms with van der Waals surface area (Å²) >= 11 is 1.30. The molecule has 0 saturated heterocycles. The number of hydrogen-bond acceptors (Lipinski definition) is 5. The average Bonchev–Trinajstić information content (AvgIpc) is 3.21. The van der Waals surface area contributed by atoms with Crippen LogP contribution in [0.5, 0.6) is 5.75 Å². The first kappa shape index (κ1) is 18.4. The van der Waals surface area contributed by atoms with E-state index in [-0.39, 0.29) is 17.4 Å². The fraction of sp³-hybridized carbons (Fsp3) is 0.250. The molecule has 1 aromatic carbocycles. The lowest BCUT2D eigenvalue weighted by molar-refractivity contribution is 0.0695. The molecule has 144 valence electrons. The average molecular weight is 399 g/mol. The number of carbonyl (C=O) groups excluding carboxylic acids is 1. The molecule has 6 nitrogen and oxygen atoms in total. The molecule has 0 atom stereocenters. The first-order valence-electron chi connectivity index (χ1n) is 8.94. The van der Waals surface area contributed by atoms with Crippen LogP contribution in [-0.4, -0.2) is 38.6 Å². The Morgan fingerprint density at radius 3 is 2.86 bits per heavy atom. The summed E-state index contributed by atoms with van der Waals surface area (Å²) in [5.74, 6) is -1.18. The standard InChI is InChI=1S/C20H18FN3O3S/c21-14-5-1-3-13(11-14)4-2-7-23-8-9-24-12-15(19-22-6-10-28-19)17(25)18(26)16(24)20(23)27/h1,3,5-6,10-12,26H,2,4,7-9H2. The summed E-state index contributed by atoms with van der Waals surface area (Å²) in [6, 6.07) is 6.40. The minimum Gasteiger partial charge on any atom is -0.503 e. The predicted octanol–water partition coefficient (Wildman–Crippen LogP) is 2.91. The van der Waals surface area contributed by atoms with Crippen LogP contribution in [0.25, 0.3) is 10.6 Å². The van der Waals surface area contributed by atoms with E-state index < -0.39 is 11.2 Å². The number of amides is 1. The highest BCUT2D eigenvalue weighted by molar-refractivity contribution is 7.13. The maximum atomic E-state index is 13.3. The minimum atomic E-state index is -0.587. The highest BCUT2D eigenvalue weighted by Crippen LogP contribution is 2.26. The minimum absolute atomic E-state index is 0.0160. The number of fused-ring (bicyclic) bond motifs is 1. The summed E-state index contributed by atoms with van der Waals surface area (Å²) in [7, 11) is 0. The van der Waals surface area contributed by atoms with Crippen molar-refractivity contribution in [1.82, 2.24) is 14.5 Å². The van der Waals surface area contributed by atoms with Crippen LogP contribution in [0.4, 0.5) is 4.39 Å². The molecule has 0 spiro atoms. The summed E-state index contributed by atoms with van der Waals surface area (Å²) in [5, 5.41) is 12.7. The molecule has 0 bridgehead atoms. The third-order valence-electron chi connectivity index (χ3n) is 4.80. The fourth-order valence-corrected chi connectivity index (χ4v) is 4.06. The van der Waals surface area contributed by atoms with Crippen LogP contribution in [0.1, 0.15) is 22.5 Å². The van der Waals surface area contributed by atoms with Crippen LogP contribution in [-0.2, 0) is 13.0 Å². The van der Waals surface area contributed by atoms with Gasteiger partial charge < -0.3 is 14.6 Å². The molecule has 0 unspecified atom stereocenters. The van der Waals surface area contributed by atoms with E-state index in [2.05, 4.69) is 4.98 Å². The van der Waals surface area contributed by atoms with Crippen molar-refractivity contribution >= 4 is 17.2 Å². The largest absolute Gasteiger partial charge is 0.503 e. The van der Waals surface area contributed by atoms with Crippen LogP contribution in [0.2, 0.25) is 0 Å². The molecule has 0 saturated carbocycles. The lowest BCUT2D eigenvalue weighted by Gasteiger charge is -2.30. The molecule has 1 N–H and O–H groups in total. The molecule has 0 fully saturated rings. The van der Waals surface area contributed by atoms with E-state index in [4.69, 9.17) is 0 Å². The zero-order valence-corrected chi connectivity index (χ0v) is 15.8. The van der Waals surface area contributed by atoms with Gasteiger partial charge in [-0.2, -0.15) is 0 Å². The van der Waals surface area contributed by atoms with Gasteiger partial charge in [-0.15, -0.1) is 11.3 Å². The zero-order chi connectivity index (χ0) is 19.7. The SMILES string of the molecule is O=C1c2c(O)c(=O)c(-c3nccs3)cn2CCN1CCCc1cccc(F)c1. The van der Waals surface area contributed by atoms with Gasteiger partial charge in [-0.05, 0) is 30.5 Å². The molecule has 0 radical (unpaired) electrons. The number of nitrogens with zero attached hydrogens (tertiary/aromatic N) is 3. The molecular formula is C20H18FN3O3S. The molecule has 3 aromatic rings. The van der Waals surface area contributed by atoms with Gasteiger partial charge in [0.15, 0.2) is 11.4 Å². The predicted molar refractivity (Wildman–Crippen MR) is 104 cm³/mol. The van der Waals surface area contributed by atoms with Gasteiger partial charge in [0.25, 0.3) is 5.91 Å². The molecule has 2 aromatic heterocycles. The Bertz CT molecular complexity index is 1080. The highest BCUT2D eigenvalue weighted by atomic mass is 32.1. The van der Waals surface area contributed by atoms with Gasteiger partial charge in [0.05, 0.1) is 5.56 Å². The maximum Gasteiger partial charge on any atom is 0.274 e. The van der Waals surface area contributed by atoms with Crippen molar-refractivity contribution in [3.05, 3.63) is 69.3 Å². The van der Waals surface area contributed by atoms with Crippen LogP contribution < -0.4 is 5.43 Å². The van der Waals surface area contributed by atoms with Gasteiger partial charge in [0.2, 0.25) is 5.43 Å². The van der Waals surface area contributed by atoms with Gasteiger partial charge in [0, 0.05) is 37.4 Å². The molecule has 8 heteroatoms. The first-order chi connectivity index (χ1) is 13.5. The smallest absolute Gasteiger partial charge is 0.274 e. The van der Waals surface area contributed by atoms with Crippen molar-refractivity contribution in [2.75, 3.05) is 13.1 Å². The van der Waals surface area contributed by atoms with E-state index >= 15 is 0 Å². The van der Waals surface area contributed by atoms with Crippen LogP contribution in [0.3, 0.4) is 0 Å². The zero-order valence-electron chi connectivity index (χ0n) is 15.0. The summed E-state index contributed by atoms with van der Waals surface area (Å²) in [6.07, 6.45) is 4.49. The lowest BCUT2D eigenvalue weighted by Crippen LogP contribution is -2.42. The van der Waals surface area contributed by atoms with E-state index in [1.54, 1.807) is 33.3 Å². The molecule has 0 aliphatic carbocycles. The Balaban J connectivity index is 1.52. The Kier molecular flexibility index (Phi) is 4.95. The van der Waals surface area contributed by atoms with E-state index in [9.17, 15) is 19.1 Å². The molecule has 1 amide bonds. The van der Waals surface area contributed by atoms with Crippen molar-refractivity contribution in [1.29, 1.82) is 0 Å². The van der Waals surface area contributed by atoms with Gasteiger partial charge >= 0.3 is 0 Å². The number of carbonyl (C=O) groups is 1. The number of aryl methyl sites for hydroxylation is 1. The van der Waals surface area contributed by atoms with Crippen molar-refractivity contribution in [3.63, 3.8) is 0 Å². The van der Waals surface area contributed by atoms with E-state index in [1.165, 1.54) is 23.5 Å². The molecule has 3 heterocycles. The number of aromatic hydroxyl groups is 1. The molecule has 1 aliphatic heterocycles. The quantitative estimate of drug-likeness (QED) is 0.716. The van der Waals surface area contributed by atoms with Crippen molar-refractivity contribution in [2.24, 2.45) is 0 Å². The first-order valence-corrected chi connectivity index (χ1v) is 9.82. The van der Waals surface area contributed by atoms with E-state index in [0.717, 1.165) is 5.56 Å². The number of thiazole rings is 1. The maximum absolute atomic E-state index is 13.3. The number of pyridine rings is 1. The van der Waals surface area contributed by atoms with Crippen LogP contribution >= 0.6 is 11.3 Å². The summed E-state index contributed by atoms with van der Waals surface area (Å²) in [6.45, 7) is 1.43. The van der Waals surface area contributed by atoms with Crippen molar-refractivity contribution < 1.29 is 14.3 Å².